The lowest BCUT2D eigenvalue weighted by atomic mass is 10.1. The lowest BCUT2D eigenvalue weighted by Crippen LogP contribution is -2.31. The minimum absolute atomic E-state index is 0.301. The maximum absolute atomic E-state index is 13.0. The molecule has 2 aromatic carbocycles. The number of carbonyl (C=O) groups excluding carboxylic acids is 3. The van der Waals surface area contributed by atoms with E-state index in [1.807, 2.05) is 55.5 Å². The van der Waals surface area contributed by atoms with E-state index < -0.39 is 5.91 Å². The van der Waals surface area contributed by atoms with Crippen LogP contribution >= 0.6 is 0 Å². The molecule has 5 N–H and O–H groups in total. The van der Waals surface area contributed by atoms with Gasteiger partial charge >= 0.3 is 0 Å². The second kappa shape index (κ2) is 14.5. The van der Waals surface area contributed by atoms with Crippen molar-refractivity contribution in [2.45, 2.75) is 13.3 Å². The molecular formula is C33H37N7O4. The molecule has 44 heavy (non-hydrogen) atoms. The van der Waals surface area contributed by atoms with Crippen LogP contribution in [0.1, 0.15) is 55.8 Å². The van der Waals surface area contributed by atoms with Gasteiger partial charge in [-0.15, -0.1) is 0 Å². The van der Waals surface area contributed by atoms with E-state index in [2.05, 4.69) is 21.3 Å². The van der Waals surface area contributed by atoms with Gasteiger partial charge in [-0.1, -0.05) is 36.4 Å². The minimum atomic E-state index is -0.392. The van der Waals surface area contributed by atoms with Gasteiger partial charge in [0.15, 0.2) is 0 Å². The number of amides is 3. The van der Waals surface area contributed by atoms with Crippen molar-refractivity contribution in [3.05, 3.63) is 101 Å². The van der Waals surface area contributed by atoms with E-state index in [-0.39, 0.29) is 11.8 Å². The Balaban J connectivity index is 1.33. The molecular weight excluding hydrogens is 558 g/mol. The van der Waals surface area contributed by atoms with Gasteiger partial charge in [-0.05, 0) is 54.4 Å². The summed E-state index contributed by atoms with van der Waals surface area (Å²) in [6.07, 6.45) is 7.63. The molecule has 228 valence electrons. The van der Waals surface area contributed by atoms with Gasteiger partial charge in [0.25, 0.3) is 17.7 Å². The zero-order chi connectivity index (χ0) is 31.6. The molecule has 0 saturated carbocycles. The van der Waals surface area contributed by atoms with Crippen molar-refractivity contribution in [2.24, 2.45) is 14.1 Å². The number of amidine groups is 1. The largest absolute Gasteiger partial charge is 0.497 e. The molecule has 11 heteroatoms. The molecule has 11 nitrogen and oxygen atoms in total. The molecule has 0 unspecified atom stereocenters. The summed E-state index contributed by atoms with van der Waals surface area (Å²) in [7, 11) is 5.05. The van der Waals surface area contributed by atoms with Crippen LogP contribution in [0.2, 0.25) is 0 Å². The van der Waals surface area contributed by atoms with E-state index in [0.717, 1.165) is 16.9 Å². The van der Waals surface area contributed by atoms with Crippen LogP contribution in [0.4, 0.5) is 11.4 Å². The van der Waals surface area contributed by atoms with Gasteiger partial charge in [-0.3, -0.25) is 19.8 Å². The zero-order valence-electron chi connectivity index (χ0n) is 25.2. The summed E-state index contributed by atoms with van der Waals surface area (Å²) in [5, 5.41) is 19.1. The molecule has 4 rings (SSSR count). The molecule has 2 aromatic heterocycles. The number of hydrogen-bond donors (Lipinski definition) is 5. The molecule has 0 fully saturated rings. The summed E-state index contributed by atoms with van der Waals surface area (Å²) < 4.78 is 8.50. The number of rotatable bonds is 12. The first-order valence-electron chi connectivity index (χ1n) is 14.1. The predicted octanol–water partition coefficient (Wildman–Crippen LogP) is 4.75. The first kappa shape index (κ1) is 31.4. The van der Waals surface area contributed by atoms with Gasteiger partial charge in [0.2, 0.25) is 0 Å². The second-order valence-electron chi connectivity index (χ2n) is 10.1. The van der Waals surface area contributed by atoms with Gasteiger partial charge in [-0.25, -0.2) is 0 Å². The molecule has 0 saturated heterocycles. The maximum Gasteiger partial charge on any atom is 0.272 e. The quantitative estimate of drug-likeness (QED) is 0.0913. The smallest absolute Gasteiger partial charge is 0.272 e. The molecule has 0 atom stereocenters. The van der Waals surface area contributed by atoms with E-state index >= 15 is 0 Å². The van der Waals surface area contributed by atoms with Gasteiger partial charge in [0.1, 0.15) is 17.1 Å². The summed E-state index contributed by atoms with van der Waals surface area (Å²) in [5.74, 6) is 0.145. The average molecular weight is 596 g/mol. The molecule has 0 aliphatic heterocycles. The second-order valence-corrected chi connectivity index (χ2v) is 10.1. The van der Waals surface area contributed by atoms with Crippen LogP contribution in [0, 0.1) is 5.41 Å². The fourth-order valence-electron chi connectivity index (χ4n) is 4.49. The minimum Gasteiger partial charge on any atom is -0.497 e. The van der Waals surface area contributed by atoms with E-state index in [9.17, 15) is 14.4 Å². The Kier molecular flexibility index (Phi) is 10.4. The fourth-order valence-corrected chi connectivity index (χ4v) is 4.49. The Bertz CT molecular complexity index is 1680. The van der Waals surface area contributed by atoms with Gasteiger partial charge in [0, 0.05) is 51.6 Å². The summed E-state index contributed by atoms with van der Waals surface area (Å²) in [5.41, 5.74) is 4.05. The van der Waals surface area contributed by atoms with Crippen LogP contribution in [0.15, 0.2) is 73.1 Å². The van der Waals surface area contributed by atoms with Crippen LogP contribution in [0.3, 0.4) is 0 Å². The van der Waals surface area contributed by atoms with Crippen molar-refractivity contribution in [3.8, 4) is 5.75 Å². The fraction of sp³-hybridized carbons (Fsp3) is 0.212. The van der Waals surface area contributed by atoms with Crippen molar-refractivity contribution in [1.82, 2.24) is 19.8 Å². The average Bonchev–Trinajstić information content (AvgIpc) is 3.57. The Morgan fingerprint density at radius 1 is 0.795 bits per heavy atom. The number of methoxy groups -OCH3 is 1. The van der Waals surface area contributed by atoms with Crippen LogP contribution in [-0.4, -0.2) is 52.9 Å². The standard InChI is InChI=1S/C33H37N7O4/c1-5-35-30(34)15-16-36-32(42)28-18-26(21-39(28)2)38-33(43)29-19-25(20-40(29)3)37-31(41)24-13-11-22(12-14-24)9-10-23-7-6-8-27(17-23)44-4/h6-14,17-21H,5,15-16H2,1-4H3,(H2,34,35)(H,36,42)(H,37,41)(H,38,43)/b10-9+. The van der Waals surface area contributed by atoms with Crippen molar-refractivity contribution in [3.63, 3.8) is 0 Å². The Morgan fingerprint density at radius 3 is 2.05 bits per heavy atom. The normalized spacial score (nSPS) is 10.8. The van der Waals surface area contributed by atoms with Crippen molar-refractivity contribution in [1.29, 1.82) is 5.41 Å². The van der Waals surface area contributed by atoms with E-state index in [1.165, 1.54) is 0 Å². The Hall–Kier alpha value is -5.58. The van der Waals surface area contributed by atoms with Gasteiger partial charge in [-0.2, -0.15) is 0 Å². The van der Waals surface area contributed by atoms with E-state index in [4.69, 9.17) is 10.1 Å². The molecule has 3 amide bonds. The number of carbonyl (C=O) groups is 3. The lowest BCUT2D eigenvalue weighted by molar-refractivity contribution is 0.0945. The van der Waals surface area contributed by atoms with Crippen molar-refractivity contribution in [2.75, 3.05) is 30.8 Å². The number of aryl methyl sites for hydroxylation is 2. The van der Waals surface area contributed by atoms with Gasteiger partial charge in [0.05, 0.1) is 24.3 Å². The molecule has 0 spiro atoms. The number of ether oxygens (including phenoxy) is 1. The van der Waals surface area contributed by atoms with Gasteiger partial charge < -0.3 is 35.1 Å². The number of anilines is 2. The highest BCUT2D eigenvalue weighted by molar-refractivity contribution is 6.07. The predicted molar refractivity (Wildman–Crippen MR) is 173 cm³/mol. The number of hydrogen-bond acceptors (Lipinski definition) is 5. The lowest BCUT2D eigenvalue weighted by Gasteiger charge is -2.07. The summed E-state index contributed by atoms with van der Waals surface area (Å²) in [6.45, 7) is 2.88. The number of aromatic nitrogens is 2. The van der Waals surface area contributed by atoms with Crippen molar-refractivity contribution >= 4 is 47.1 Å². The Morgan fingerprint density at radius 2 is 1.41 bits per heavy atom. The highest BCUT2D eigenvalue weighted by atomic mass is 16.5. The first-order valence-corrected chi connectivity index (χ1v) is 14.1. The Labute approximate surface area is 256 Å². The van der Waals surface area contributed by atoms with E-state index in [0.29, 0.717) is 53.7 Å². The molecule has 0 aliphatic carbocycles. The topological polar surface area (TPSA) is 142 Å². The third kappa shape index (κ3) is 8.25. The SMILES string of the molecule is CCNC(=N)CCNC(=O)c1cc(NC(=O)c2cc(NC(=O)c3ccc(/C=C/c4cccc(OC)c4)cc3)cn2C)cn1C. The maximum atomic E-state index is 13.0. The summed E-state index contributed by atoms with van der Waals surface area (Å²) in [4.78, 5) is 38.5. The highest BCUT2D eigenvalue weighted by Gasteiger charge is 2.17. The first-order chi connectivity index (χ1) is 21.2. The van der Waals surface area contributed by atoms with Crippen LogP contribution in [0.5, 0.6) is 5.75 Å². The third-order valence-corrected chi connectivity index (χ3v) is 6.78. The van der Waals surface area contributed by atoms with Crippen LogP contribution < -0.4 is 26.0 Å². The highest BCUT2D eigenvalue weighted by Crippen LogP contribution is 2.19. The number of benzene rings is 2. The third-order valence-electron chi connectivity index (χ3n) is 6.78. The molecule has 4 aromatic rings. The molecule has 0 bridgehead atoms. The monoisotopic (exact) mass is 595 g/mol. The number of nitrogens with one attached hydrogen (secondary N) is 5. The zero-order valence-corrected chi connectivity index (χ0v) is 25.2. The summed E-state index contributed by atoms with van der Waals surface area (Å²) >= 11 is 0. The van der Waals surface area contributed by atoms with Crippen LogP contribution in [0.25, 0.3) is 12.2 Å². The molecule has 2 heterocycles. The van der Waals surface area contributed by atoms with E-state index in [1.54, 1.807) is 67.0 Å². The molecule has 0 aliphatic rings. The van der Waals surface area contributed by atoms with Crippen LogP contribution in [-0.2, 0) is 14.1 Å². The van der Waals surface area contributed by atoms with Crippen molar-refractivity contribution < 1.29 is 19.1 Å². The molecule has 0 radical (unpaired) electrons. The number of nitrogens with zero attached hydrogens (tertiary/aromatic N) is 2. The summed E-state index contributed by atoms with van der Waals surface area (Å²) in [6, 6.07) is 18.1.